The Morgan fingerprint density at radius 1 is 1.19 bits per heavy atom. The molecule has 4 rings (SSSR count). The van der Waals surface area contributed by atoms with Crippen molar-refractivity contribution in [2.45, 2.75) is 38.5 Å². The first-order valence-electron chi connectivity index (χ1n) is 10.8. The van der Waals surface area contributed by atoms with Crippen molar-refractivity contribution >= 4 is 22.9 Å². The molecule has 1 aliphatic carbocycles. The lowest BCUT2D eigenvalue weighted by Gasteiger charge is -2.15. The second kappa shape index (κ2) is 8.93. The van der Waals surface area contributed by atoms with E-state index in [0.29, 0.717) is 35.3 Å². The molecule has 172 valence electrons. The molecular weight excluding hydrogens is 419 g/mol. The molecule has 1 saturated carbocycles. The first-order valence-corrected chi connectivity index (χ1v) is 10.8. The quantitative estimate of drug-likeness (QED) is 0.507. The standard InChI is InChI=1S/C22H28F3N7/c1-14(16-7-8-16)32-13-28-18-19(29-21(30-20(18)32)26-9-10-31(2)3)27-12-15-5-4-6-17(11-15)22(23,24)25/h4-6,11,13-14,16H,7-10,12H2,1-3H3,(H2,26,27,29,30). The third kappa shape index (κ3) is 5.12. The minimum Gasteiger partial charge on any atom is -0.364 e. The molecule has 0 aliphatic heterocycles. The number of nitrogens with zero attached hydrogens (tertiary/aromatic N) is 5. The van der Waals surface area contributed by atoms with Gasteiger partial charge in [-0.25, -0.2) is 4.98 Å². The van der Waals surface area contributed by atoms with E-state index in [2.05, 4.69) is 37.0 Å². The summed E-state index contributed by atoms with van der Waals surface area (Å²) in [6.45, 7) is 3.83. The maximum atomic E-state index is 13.1. The number of rotatable bonds is 9. The molecule has 1 unspecified atom stereocenters. The Bertz CT molecular complexity index is 1070. The Morgan fingerprint density at radius 2 is 1.97 bits per heavy atom. The number of halogens is 3. The lowest BCUT2D eigenvalue weighted by molar-refractivity contribution is -0.137. The van der Waals surface area contributed by atoms with Crippen molar-refractivity contribution in [1.29, 1.82) is 0 Å². The van der Waals surface area contributed by atoms with Gasteiger partial charge in [-0.15, -0.1) is 0 Å². The SMILES string of the molecule is CC(C1CC1)n1cnc2c(NCc3cccc(C(F)(F)F)c3)nc(NCCN(C)C)nc21. The van der Waals surface area contributed by atoms with Crippen LogP contribution in [0.4, 0.5) is 24.9 Å². The van der Waals surface area contributed by atoms with Crippen molar-refractivity contribution in [3.63, 3.8) is 0 Å². The summed E-state index contributed by atoms with van der Waals surface area (Å²) in [5, 5.41) is 6.42. The fraction of sp³-hybridized carbons (Fsp3) is 0.500. The van der Waals surface area contributed by atoms with Crippen LogP contribution in [-0.4, -0.2) is 51.6 Å². The summed E-state index contributed by atoms with van der Waals surface area (Å²) in [7, 11) is 3.97. The summed E-state index contributed by atoms with van der Waals surface area (Å²) in [5.41, 5.74) is 1.18. The number of likely N-dealkylation sites (N-methyl/N-ethyl adjacent to an activating group) is 1. The Morgan fingerprint density at radius 3 is 2.66 bits per heavy atom. The number of imidazole rings is 1. The molecule has 1 aliphatic rings. The van der Waals surface area contributed by atoms with Crippen molar-refractivity contribution in [2.24, 2.45) is 5.92 Å². The largest absolute Gasteiger partial charge is 0.416 e. The van der Waals surface area contributed by atoms with Gasteiger partial charge >= 0.3 is 6.18 Å². The van der Waals surface area contributed by atoms with Gasteiger partial charge in [0.2, 0.25) is 5.95 Å². The van der Waals surface area contributed by atoms with Crippen LogP contribution in [0.2, 0.25) is 0 Å². The Labute approximate surface area is 185 Å². The number of hydrogen-bond acceptors (Lipinski definition) is 6. The van der Waals surface area contributed by atoms with Crippen LogP contribution in [0.5, 0.6) is 0 Å². The lowest BCUT2D eigenvalue weighted by Crippen LogP contribution is -2.22. The Hall–Kier alpha value is -2.88. The fourth-order valence-electron chi connectivity index (χ4n) is 3.66. The first kappa shape index (κ1) is 22.3. The van der Waals surface area contributed by atoms with E-state index in [0.717, 1.165) is 24.3 Å². The molecule has 7 nitrogen and oxygen atoms in total. The molecule has 3 aromatic rings. The van der Waals surface area contributed by atoms with Crippen LogP contribution in [0.3, 0.4) is 0 Å². The van der Waals surface area contributed by atoms with E-state index in [1.807, 2.05) is 14.1 Å². The summed E-state index contributed by atoms with van der Waals surface area (Å²) >= 11 is 0. The van der Waals surface area contributed by atoms with E-state index >= 15 is 0 Å². The van der Waals surface area contributed by atoms with Gasteiger partial charge in [0.15, 0.2) is 17.0 Å². The number of anilines is 2. The van der Waals surface area contributed by atoms with Crippen LogP contribution in [0.1, 0.15) is 36.9 Å². The van der Waals surface area contributed by atoms with E-state index in [-0.39, 0.29) is 12.6 Å². The van der Waals surface area contributed by atoms with Gasteiger partial charge < -0.3 is 20.1 Å². The second-order valence-electron chi connectivity index (χ2n) is 8.58. The smallest absolute Gasteiger partial charge is 0.364 e. The number of aromatic nitrogens is 4. The molecular formula is C22H28F3N7. The van der Waals surface area contributed by atoms with Crippen molar-refractivity contribution in [2.75, 3.05) is 37.8 Å². The molecule has 0 radical (unpaired) electrons. The van der Waals surface area contributed by atoms with Gasteiger partial charge in [0.05, 0.1) is 11.9 Å². The van der Waals surface area contributed by atoms with Gasteiger partial charge in [-0.05, 0) is 57.5 Å². The molecule has 32 heavy (non-hydrogen) atoms. The average Bonchev–Trinajstić information content (AvgIpc) is 3.50. The van der Waals surface area contributed by atoms with Crippen LogP contribution in [0.15, 0.2) is 30.6 Å². The van der Waals surface area contributed by atoms with Gasteiger partial charge in [0, 0.05) is 25.7 Å². The van der Waals surface area contributed by atoms with Crippen LogP contribution in [0.25, 0.3) is 11.2 Å². The number of fused-ring (bicyclic) bond motifs is 1. The molecule has 2 aromatic heterocycles. The van der Waals surface area contributed by atoms with E-state index < -0.39 is 11.7 Å². The highest BCUT2D eigenvalue weighted by Crippen LogP contribution is 2.40. The summed E-state index contributed by atoms with van der Waals surface area (Å²) < 4.78 is 41.2. The highest BCUT2D eigenvalue weighted by Gasteiger charge is 2.31. The first-order chi connectivity index (χ1) is 15.2. The number of nitrogens with one attached hydrogen (secondary N) is 2. The van der Waals surface area contributed by atoms with Crippen LogP contribution in [0, 0.1) is 5.92 Å². The minimum absolute atomic E-state index is 0.193. The molecule has 0 spiro atoms. The number of hydrogen-bond donors (Lipinski definition) is 2. The Balaban J connectivity index is 1.61. The van der Waals surface area contributed by atoms with Crippen molar-refractivity contribution in [3.8, 4) is 0 Å². The normalized spacial score (nSPS) is 15.3. The monoisotopic (exact) mass is 447 g/mol. The zero-order valence-electron chi connectivity index (χ0n) is 18.4. The summed E-state index contributed by atoms with van der Waals surface area (Å²) in [6.07, 6.45) is -0.206. The highest BCUT2D eigenvalue weighted by atomic mass is 19.4. The van der Waals surface area contributed by atoms with E-state index in [9.17, 15) is 13.2 Å². The average molecular weight is 448 g/mol. The minimum atomic E-state index is -4.38. The molecule has 10 heteroatoms. The molecule has 1 atom stereocenters. The Kier molecular flexibility index (Phi) is 6.23. The van der Waals surface area contributed by atoms with Crippen molar-refractivity contribution in [1.82, 2.24) is 24.4 Å². The molecule has 0 saturated heterocycles. The second-order valence-corrected chi connectivity index (χ2v) is 8.58. The summed E-state index contributed by atoms with van der Waals surface area (Å²) in [6, 6.07) is 5.57. The maximum Gasteiger partial charge on any atom is 0.416 e. The third-order valence-electron chi connectivity index (χ3n) is 5.72. The lowest BCUT2D eigenvalue weighted by atomic mass is 10.1. The van der Waals surface area contributed by atoms with E-state index in [4.69, 9.17) is 4.98 Å². The van der Waals surface area contributed by atoms with Gasteiger partial charge in [-0.2, -0.15) is 23.1 Å². The highest BCUT2D eigenvalue weighted by molar-refractivity contribution is 5.84. The van der Waals surface area contributed by atoms with E-state index in [1.165, 1.54) is 18.9 Å². The maximum absolute atomic E-state index is 13.1. The van der Waals surface area contributed by atoms with E-state index in [1.54, 1.807) is 12.4 Å². The third-order valence-corrected chi connectivity index (χ3v) is 5.72. The topological polar surface area (TPSA) is 70.9 Å². The molecule has 2 N–H and O–H groups in total. The van der Waals surface area contributed by atoms with Crippen LogP contribution in [-0.2, 0) is 12.7 Å². The zero-order valence-corrected chi connectivity index (χ0v) is 18.4. The summed E-state index contributed by atoms with van der Waals surface area (Å²) in [5.74, 6) is 1.59. The molecule has 0 bridgehead atoms. The van der Waals surface area contributed by atoms with Crippen molar-refractivity contribution in [3.05, 3.63) is 41.7 Å². The number of benzene rings is 1. The van der Waals surface area contributed by atoms with Gasteiger partial charge in [0.25, 0.3) is 0 Å². The van der Waals surface area contributed by atoms with Crippen molar-refractivity contribution < 1.29 is 13.2 Å². The zero-order chi connectivity index (χ0) is 22.9. The predicted molar refractivity (Wildman–Crippen MR) is 119 cm³/mol. The van der Waals surface area contributed by atoms with Gasteiger partial charge in [-0.1, -0.05) is 12.1 Å². The molecule has 0 amide bonds. The van der Waals surface area contributed by atoms with Gasteiger partial charge in [0.1, 0.15) is 0 Å². The van der Waals surface area contributed by atoms with Crippen LogP contribution >= 0.6 is 0 Å². The van der Waals surface area contributed by atoms with Crippen LogP contribution < -0.4 is 10.6 Å². The molecule has 1 fully saturated rings. The summed E-state index contributed by atoms with van der Waals surface area (Å²) in [4.78, 5) is 15.8. The fourth-order valence-corrected chi connectivity index (χ4v) is 3.66. The number of alkyl halides is 3. The molecule has 1 aromatic carbocycles. The predicted octanol–water partition coefficient (Wildman–Crippen LogP) is 4.40. The molecule has 2 heterocycles. The van der Waals surface area contributed by atoms with Gasteiger partial charge in [-0.3, -0.25) is 0 Å².